The zero-order valence-corrected chi connectivity index (χ0v) is 12.4. The number of carbonyl (C=O) groups is 1. The molecule has 3 atom stereocenters. The van der Waals surface area contributed by atoms with Crippen molar-refractivity contribution in [2.24, 2.45) is 5.41 Å². The van der Waals surface area contributed by atoms with E-state index in [0.717, 1.165) is 6.26 Å². The Labute approximate surface area is 122 Å². The van der Waals surface area contributed by atoms with Crippen LogP contribution in [0.3, 0.4) is 0 Å². The normalized spacial score (nSPS) is 27.7. The maximum absolute atomic E-state index is 13.0. The summed E-state index contributed by atoms with van der Waals surface area (Å²) in [6.07, 6.45) is 0.979. The van der Waals surface area contributed by atoms with Crippen LogP contribution in [0.2, 0.25) is 0 Å². The average Bonchev–Trinajstić information content (AvgIpc) is 3.10. The molecule has 2 rings (SSSR count). The summed E-state index contributed by atoms with van der Waals surface area (Å²) in [6.45, 7) is 1.63. The number of esters is 1. The molecule has 112 valence electrons. The van der Waals surface area contributed by atoms with E-state index in [1.807, 2.05) is 6.07 Å². The van der Waals surface area contributed by atoms with Gasteiger partial charge in [-0.2, -0.15) is 5.26 Å². The fourth-order valence-electron chi connectivity index (χ4n) is 2.72. The van der Waals surface area contributed by atoms with Crippen molar-refractivity contribution in [2.45, 2.75) is 18.1 Å². The van der Waals surface area contributed by atoms with E-state index in [-0.39, 0.29) is 6.61 Å². The fourth-order valence-corrected chi connectivity index (χ4v) is 4.48. The van der Waals surface area contributed by atoms with Crippen molar-refractivity contribution in [3.05, 3.63) is 35.6 Å². The van der Waals surface area contributed by atoms with Crippen molar-refractivity contribution in [1.82, 2.24) is 0 Å². The van der Waals surface area contributed by atoms with Crippen LogP contribution in [-0.2, 0) is 19.4 Å². The molecule has 0 amide bonds. The van der Waals surface area contributed by atoms with E-state index in [0.29, 0.717) is 5.56 Å². The van der Waals surface area contributed by atoms with Crippen LogP contribution in [0, 0.1) is 22.6 Å². The SMILES string of the molecule is CCOC(=O)[C@@]1(C#N)[C@H](S(C)(=O)=O)[C@@H]1c1ccc(F)cc1. The Morgan fingerprint density at radius 3 is 2.43 bits per heavy atom. The zero-order chi connectivity index (χ0) is 15.8. The summed E-state index contributed by atoms with van der Waals surface area (Å²) >= 11 is 0. The van der Waals surface area contributed by atoms with Gasteiger partial charge in [0, 0.05) is 12.2 Å². The first-order valence-corrected chi connectivity index (χ1v) is 8.27. The van der Waals surface area contributed by atoms with Crippen molar-refractivity contribution in [3.63, 3.8) is 0 Å². The molecule has 1 aliphatic rings. The minimum Gasteiger partial charge on any atom is -0.465 e. The van der Waals surface area contributed by atoms with Crippen molar-refractivity contribution in [1.29, 1.82) is 5.26 Å². The van der Waals surface area contributed by atoms with E-state index in [9.17, 15) is 22.9 Å². The Balaban J connectivity index is 2.50. The molecule has 0 radical (unpaired) electrons. The summed E-state index contributed by atoms with van der Waals surface area (Å²) in [4.78, 5) is 12.1. The van der Waals surface area contributed by atoms with Gasteiger partial charge in [-0.3, -0.25) is 4.79 Å². The number of hydrogen-bond acceptors (Lipinski definition) is 5. The van der Waals surface area contributed by atoms with Gasteiger partial charge in [-0.25, -0.2) is 12.8 Å². The van der Waals surface area contributed by atoms with E-state index in [1.54, 1.807) is 6.92 Å². The number of halogens is 1. The van der Waals surface area contributed by atoms with Crippen molar-refractivity contribution < 1.29 is 22.3 Å². The second-order valence-electron chi connectivity index (χ2n) is 4.98. The molecule has 0 spiro atoms. The summed E-state index contributed by atoms with van der Waals surface area (Å²) in [5.74, 6) is -2.16. The molecule has 7 heteroatoms. The quantitative estimate of drug-likeness (QED) is 0.785. The Morgan fingerprint density at radius 1 is 1.43 bits per heavy atom. The molecule has 0 heterocycles. The Hall–Kier alpha value is -1.94. The average molecular weight is 311 g/mol. The molecule has 1 aromatic carbocycles. The Bertz CT molecular complexity index is 707. The molecule has 0 saturated heterocycles. The molecule has 0 bridgehead atoms. The monoisotopic (exact) mass is 311 g/mol. The second-order valence-corrected chi connectivity index (χ2v) is 7.15. The lowest BCUT2D eigenvalue weighted by atomic mass is 10.0. The van der Waals surface area contributed by atoms with Crippen LogP contribution in [0.4, 0.5) is 4.39 Å². The summed E-state index contributed by atoms with van der Waals surface area (Å²) in [6, 6.07) is 6.91. The van der Waals surface area contributed by atoms with Crippen LogP contribution >= 0.6 is 0 Å². The predicted molar refractivity (Wildman–Crippen MR) is 72.5 cm³/mol. The third kappa shape index (κ3) is 2.40. The molecule has 0 aliphatic heterocycles. The maximum Gasteiger partial charge on any atom is 0.328 e. The van der Waals surface area contributed by atoms with Crippen molar-refractivity contribution >= 4 is 15.8 Å². The number of ether oxygens (including phenoxy) is 1. The van der Waals surface area contributed by atoms with Crippen LogP contribution < -0.4 is 0 Å². The molecular weight excluding hydrogens is 297 g/mol. The standard InChI is InChI=1S/C14H14FNO4S/c1-3-20-13(17)14(8-16)11(12(14)21(2,18)19)9-4-6-10(15)7-5-9/h4-7,11-12H,3H2,1-2H3/t11-,12+,14+/m0/s1. The van der Waals surface area contributed by atoms with E-state index in [1.165, 1.54) is 24.3 Å². The van der Waals surface area contributed by atoms with Gasteiger partial charge in [-0.15, -0.1) is 0 Å². The Morgan fingerprint density at radius 2 is 2.00 bits per heavy atom. The third-order valence-corrected chi connectivity index (χ3v) is 5.19. The highest BCUT2D eigenvalue weighted by Crippen LogP contribution is 2.63. The molecule has 0 N–H and O–H groups in total. The minimum atomic E-state index is -3.64. The molecule has 1 aromatic rings. The number of benzene rings is 1. The van der Waals surface area contributed by atoms with Gasteiger partial charge in [0.1, 0.15) is 11.1 Å². The van der Waals surface area contributed by atoms with Gasteiger partial charge in [-0.1, -0.05) is 12.1 Å². The number of sulfone groups is 1. The molecule has 0 aromatic heterocycles. The highest BCUT2D eigenvalue weighted by atomic mass is 32.2. The molecule has 1 aliphatic carbocycles. The lowest BCUT2D eigenvalue weighted by Gasteiger charge is -2.07. The lowest BCUT2D eigenvalue weighted by Crippen LogP contribution is -2.24. The highest BCUT2D eigenvalue weighted by molar-refractivity contribution is 7.91. The zero-order valence-electron chi connectivity index (χ0n) is 11.5. The number of hydrogen-bond donors (Lipinski definition) is 0. The van der Waals surface area contributed by atoms with Crippen LogP contribution in [0.1, 0.15) is 18.4 Å². The topological polar surface area (TPSA) is 84.2 Å². The van der Waals surface area contributed by atoms with Gasteiger partial charge in [0.25, 0.3) is 0 Å². The third-order valence-electron chi connectivity index (χ3n) is 3.62. The fraction of sp³-hybridized carbons (Fsp3) is 0.429. The summed E-state index contributed by atoms with van der Waals surface area (Å²) in [5, 5.41) is 8.22. The molecule has 21 heavy (non-hydrogen) atoms. The predicted octanol–water partition coefficient (Wildman–Crippen LogP) is 1.41. The first-order chi connectivity index (χ1) is 9.79. The number of nitriles is 1. The van der Waals surface area contributed by atoms with Crippen molar-refractivity contribution in [2.75, 3.05) is 12.9 Å². The summed E-state index contributed by atoms with van der Waals surface area (Å²) in [5.41, 5.74) is -1.32. The molecule has 1 fully saturated rings. The van der Waals surface area contributed by atoms with Gasteiger partial charge in [0.15, 0.2) is 15.3 Å². The summed E-state index contributed by atoms with van der Waals surface area (Å²) < 4.78 is 41.6. The summed E-state index contributed by atoms with van der Waals surface area (Å²) in [7, 11) is -3.64. The molecule has 1 saturated carbocycles. The van der Waals surface area contributed by atoms with Gasteiger partial charge in [0.2, 0.25) is 0 Å². The first kappa shape index (κ1) is 15.4. The van der Waals surface area contributed by atoms with Crippen LogP contribution in [0.5, 0.6) is 0 Å². The number of rotatable bonds is 4. The van der Waals surface area contributed by atoms with Crippen molar-refractivity contribution in [3.8, 4) is 6.07 Å². The maximum atomic E-state index is 13.0. The van der Waals surface area contributed by atoms with Crippen LogP contribution in [0.15, 0.2) is 24.3 Å². The number of nitrogens with zero attached hydrogens (tertiary/aromatic N) is 1. The highest BCUT2D eigenvalue weighted by Gasteiger charge is 2.76. The van der Waals surface area contributed by atoms with Crippen LogP contribution in [0.25, 0.3) is 0 Å². The van der Waals surface area contributed by atoms with E-state index >= 15 is 0 Å². The van der Waals surface area contributed by atoms with Crippen LogP contribution in [-0.4, -0.2) is 32.5 Å². The van der Waals surface area contributed by atoms with Gasteiger partial charge in [-0.05, 0) is 24.6 Å². The van der Waals surface area contributed by atoms with Gasteiger partial charge in [0.05, 0.1) is 12.7 Å². The lowest BCUT2D eigenvalue weighted by molar-refractivity contribution is -0.147. The molecular formula is C14H14FNO4S. The smallest absolute Gasteiger partial charge is 0.328 e. The largest absolute Gasteiger partial charge is 0.465 e. The van der Waals surface area contributed by atoms with Gasteiger partial charge >= 0.3 is 5.97 Å². The van der Waals surface area contributed by atoms with Gasteiger partial charge < -0.3 is 4.74 Å². The number of carbonyl (C=O) groups excluding carboxylic acids is 1. The minimum absolute atomic E-state index is 0.0505. The van der Waals surface area contributed by atoms with E-state index in [2.05, 4.69) is 0 Å². The molecule has 5 nitrogen and oxygen atoms in total. The second kappa shape index (κ2) is 5.11. The Kier molecular flexibility index (Phi) is 3.76. The first-order valence-electron chi connectivity index (χ1n) is 6.31. The van der Waals surface area contributed by atoms with E-state index in [4.69, 9.17) is 4.74 Å². The van der Waals surface area contributed by atoms with E-state index < -0.39 is 38.2 Å². The molecule has 0 unspecified atom stereocenters.